The first kappa shape index (κ1) is 12.5. The second-order valence-corrected chi connectivity index (χ2v) is 4.11. The molecule has 1 aromatic rings. The highest BCUT2D eigenvalue weighted by molar-refractivity contribution is 5.65. The molecule has 0 amide bonds. The summed E-state index contributed by atoms with van der Waals surface area (Å²) in [6, 6.07) is 2.08. The highest BCUT2D eigenvalue weighted by Gasteiger charge is 2.08. The third kappa shape index (κ3) is 2.72. The van der Waals surface area contributed by atoms with E-state index in [0.717, 1.165) is 23.2 Å². The van der Waals surface area contributed by atoms with Crippen LogP contribution in [0.5, 0.6) is 0 Å². The van der Waals surface area contributed by atoms with Gasteiger partial charge >= 0.3 is 0 Å². The fourth-order valence-corrected chi connectivity index (χ4v) is 1.56. The summed E-state index contributed by atoms with van der Waals surface area (Å²) in [4.78, 5) is 4.42. The molecule has 2 nitrogen and oxygen atoms in total. The third-order valence-electron chi connectivity index (χ3n) is 2.50. The first-order valence-corrected chi connectivity index (χ1v) is 5.69. The number of rotatable bonds is 4. The maximum absolute atomic E-state index is 5.94. The van der Waals surface area contributed by atoms with Gasteiger partial charge in [-0.1, -0.05) is 39.5 Å². The first-order valence-electron chi connectivity index (χ1n) is 5.69. The van der Waals surface area contributed by atoms with Crippen LogP contribution in [-0.4, -0.2) is 4.98 Å². The van der Waals surface area contributed by atoms with Crippen LogP contribution in [0.3, 0.4) is 0 Å². The molecule has 0 unspecified atom stereocenters. The molecule has 2 heteroatoms. The van der Waals surface area contributed by atoms with E-state index in [1.54, 1.807) is 0 Å². The normalized spacial score (nSPS) is 11.2. The van der Waals surface area contributed by atoms with Crippen LogP contribution in [0.4, 0.5) is 5.82 Å². The Kier molecular flexibility index (Phi) is 4.29. The van der Waals surface area contributed by atoms with Crippen molar-refractivity contribution in [3.8, 4) is 0 Å². The number of hydrogen-bond donors (Lipinski definition) is 1. The van der Waals surface area contributed by atoms with Crippen molar-refractivity contribution in [2.75, 3.05) is 5.73 Å². The average molecular weight is 216 g/mol. The number of anilines is 1. The predicted octanol–water partition coefficient (Wildman–Crippen LogP) is 3.85. The van der Waals surface area contributed by atoms with Gasteiger partial charge in [0.2, 0.25) is 0 Å². The zero-order valence-electron chi connectivity index (χ0n) is 10.3. The average Bonchev–Trinajstić information content (AvgIpc) is 2.25. The molecule has 16 heavy (non-hydrogen) atoms. The second-order valence-electron chi connectivity index (χ2n) is 4.11. The van der Waals surface area contributed by atoms with Crippen molar-refractivity contribution < 1.29 is 0 Å². The molecule has 0 saturated carbocycles. The molecule has 1 rings (SSSR count). The van der Waals surface area contributed by atoms with Gasteiger partial charge in [-0.3, -0.25) is 0 Å². The van der Waals surface area contributed by atoms with Crippen LogP contribution in [0.15, 0.2) is 18.7 Å². The molecule has 1 aromatic heterocycles. The van der Waals surface area contributed by atoms with E-state index >= 15 is 0 Å². The summed E-state index contributed by atoms with van der Waals surface area (Å²) >= 11 is 0. The smallest absolute Gasteiger partial charge is 0.127 e. The number of allylic oxidation sites excluding steroid dienone is 1. The van der Waals surface area contributed by atoms with Crippen LogP contribution in [0.25, 0.3) is 12.2 Å². The Labute approximate surface area is 97.9 Å². The standard InChI is InChI=1S/C14H20N2/c1-5-7-8-13-11(6-2)9-12(10(3)4)14(15)16-13/h6-10H,2,5H2,1,3-4H3,(H2,15,16)/b8-7-. The molecule has 0 aliphatic carbocycles. The lowest BCUT2D eigenvalue weighted by Gasteiger charge is -2.11. The van der Waals surface area contributed by atoms with E-state index < -0.39 is 0 Å². The predicted molar refractivity (Wildman–Crippen MR) is 72.2 cm³/mol. The van der Waals surface area contributed by atoms with Crippen LogP contribution in [-0.2, 0) is 0 Å². The van der Waals surface area contributed by atoms with E-state index in [2.05, 4.69) is 44.5 Å². The van der Waals surface area contributed by atoms with Crippen molar-refractivity contribution in [2.45, 2.75) is 33.1 Å². The number of hydrogen-bond acceptors (Lipinski definition) is 2. The van der Waals surface area contributed by atoms with Gasteiger partial charge in [0.15, 0.2) is 0 Å². The summed E-state index contributed by atoms with van der Waals surface area (Å²) in [5, 5.41) is 0. The van der Waals surface area contributed by atoms with Crippen LogP contribution < -0.4 is 5.73 Å². The van der Waals surface area contributed by atoms with Crippen molar-refractivity contribution in [3.63, 3.8) is 0 Å². The molecule has 0 radical (unpaired) electrons. The molecule has 2 N–H and O–H groups in total. The van der Waals surface area contributed by atoms with Crippen LogP contribution in [0, 0.1) is 0 Å². The van der Waals surface area contributed by atoms with Gasteiger partial charge < -0.3 is 5.73 Å². The van der Waals surface area contributed by atoms with Gasteiger partial charge in [-0.25, -0.2) is 4.98 Å². The first-order chi connectivity index (χ1) is 7.60. The Balaban J connectivity index is 3.26. The third-order valence-corrected chi connectivity index (χ3v) is 2.50. The topological polar surface area (TPSA) is 38.9 Å². The molecule has 0 fully saturated rings. The lowest BCUT2D eigenvalue weighted by Crippen LogP contribution is -2.02. The Bertz CT molecular complexity index is 403. The summed E-state index contributed by atoms with van der Waals surface area (Å²) in [6.07, 6.45) is 6.89. The number of pyridine rings is 1. The van der Waals surface area contributed by atoms with Crippen LogP contribution in [0.1, 0.15) is 49.9 Å². The van der Waals surface area contributed by atoms with Gasteiger partial charge in [0, 0.05) is 5.56 Å². The quantitative estimate of drug-likeness (QED) is 0.830. The zero-order valence-corrected chi connectivity index (χ0v) is 10.3. The monoisotopic (exact) mass is 216 g/mol. The molecule has 0 aliphatic heterocycles. The van der Waals surface area contributed by atoms with E-state index in [-0.39, 0.29) is 0 Å². The summed E-state index contributed by atoms with van der Waals surface area (Å²) in [5.41, 5.74) is 8.97. The van der Waals surface area contributed by atoms with Crippen molar-refractivity contribution >= 4 is 18.0 Å². The van der Waals surface area contributed by atoms with Gasteiger partial charge in [-0.2, -0.15) is 0 Å². The Morgan fingerprint density at radius 1 is 1.50 bits per heavy atom. The van der Waals surface area contributed by atoms with Crippen LogP contribution in [0.2, 0.25) is 0 Å². The Morgan fingerprint density at radius 2 is 2.19 bits per heavy atom. The minimum Gasteiger partial charge on any atom is -0.383 e. The van der Waals surface area contributed by atoms with Crippen LogP contribution >= 0.6 is 0 Å². The van der Waals surface area contributed by atoms with E-state index in [1.807, 2.05) is 12.2 Å². The zero-order chi connectivity index (χ0) is 12.1. The summed E-state index contributed by atoms with van der Waals surface area (Å²) < 4.78 is 0. The fourth-order valence-electron chi connectivity index (χ4n) is 1.56. The highest BCUT2D eigenvalue weighted by Crippen LogP contribution is 2.24. The molecular formula is C14H20N2. The lowest BCUT2D eigenvalue weighted by atomic mass is 10.0. The fraction of sp³-hybridized carbons (Fsp3) is 0.357. The molecule has 1 heterocycles. The van der Waals surface area contributed by atoms with Gasteiger partial charge in [0.1, 0.15) is 5.82 Å². The molecule has 0 aliphatic rings. The van der Waals surface area contributed by atoms with Crippen molar-refractivity contribution in [1.82, 2.24) is 4.98 Å². The van der Waals surface area contributed by atoms with E-state index in [4.69, 9.17) is 5.73 Å². The molecule has 86 valence electrons. The van der Waals surface area contributed by atoms with Crippen molar-refractivity contribution in [2.24, 2.45) is 0 Å². The number of nitrogens with two attached hydrogens (primary N) is 1. The van der Waals surface area contributed by atoms with E-state index in [0.29, 0.717) is 11.7 Å². The highest BCUT2D eigenvalue weighted by atomic mass is 14.8. The molecule has 0 spiro atoms. The van der Waals surface area contributed by atoms with Gasteiger partial charge in [-0.15, -0.1) is 0 Å². The molecule has 0 saturated heterocycles. The SMILES string of the molecule is C=Cc1cc(C(C)C)c(N)nc1/C=C\CC. The number of aromatic nitrogens is 1. The second kappa shape index (κ2) is 5.50. The minimum atomic E-state index is 0.385. The van der Waals surface area contributed by atoms with Gasteiger partial charge in [-0.05, 0) is 30.0 Å². The largest absolute Gasteiger partial charge is 0.383 e. The Hall–Kier alpha value is -1.57. The number of nitrogens with zero attached hydrogens (tertiary/aromatic N) is 1. The number of nitrogen functional groups attached to an aromatic ring is 1. The molecule has 0 bridgehead atoms. The van der Waals surface area contributed by atoms with Crippen molar-refractivity contribution in [3.05, 3.63) is 35.5 Å². The van der Waals surface area contributed by atoms with E-state index in [1.165, 1.54) is 0 Å². The van der Waals surface area contributed by atoms with E-state index in [9.17, 15) is 0 Å². The maximum atomic E-state index is 5.94. The lowest BCUT2D eigenvalue weighted by molar-refractivity contribution is 0.861. The van der Waals surface area contributed by atoms with Crippen molar-refractivity contribution in [1.29, 1.82) is 0 Å². The minimum absolute atomic E-state index is 0.385. The Morgan fingerprint density at radius 3 is 2.69 bits per heavy atom. The summed E-state index contributed by atoms with van der Waals surface area (Å²) in [6.45, 7) is 10.1. The van der Waals surface area contributed by atoms with Gasteiger partial charge in [0.25, 0.3) is 0 Å². The summed E-state index contributed by atoms with van der Waals surface area (Å²) in [7, 11) is 0. The molecular weight excluding hydrogens is 196 g/mol. The molecule has 0 aromatic carbocycles. The van der Waals surface area contributed by atoms with Gasteiger partial charge in [0.05, 0.1) is 5.69 Å². The molecule has 0 atom stereocenters. The maximum Gasteiger partial charge on any atom is 0.127 e. The summed E-state index contributed by atoms with van der Waals surface area (Å²) in [5.74, 6) is 1.01.